The highest BCUT2D eigenvalue weighted by Gasteiger charge is 2.12. The van der Waals surface area contributed by atoms with Gasteiger partial charge in [-0.05, 0) is 5.56 Å². The largest absolute Gasteiger partial charge is 0.343 e. The average Bonchev–Trinajstić information content (AvgIpc) is 3.24. The molecule has 0 spiro atoms. The molecule has 1 amide bonds. The molecule has 0 bridgehead atoms. The molecule has 2 aromatic heterocycles. The van der Waals surface area contributed by atoms with Crippen LogP contribution in [0.3, 0.4) is 0 Å². The SMILES string of the molecule is NCCn1cc(C(=O)NCc2noc(Cc3ccccc3)n2)nn1. The number of nitrogens with one attached hydrogen (secondary N) is 1. The number of amides is 1. The van der Waals surface area contributed by atoms with Crippen LogP contribution in [0.5, 0.6) is 0 Å². The maximum atomic E-state index is 12.0. The van der Waals surface area contributed by atoms with E-state index in [0.717, 1.165) is 5.56 Å². The topological polar surface area (TPSA) is 125 Å². The van der Waals surface area contributed by atoms with E-state index in [1.54, 1.807) is 6.20 Å². The van der Waals surface area contributed by atoms with Crippen LogP contribution < -0.4 is 11.1 Å². The van der Waals surface area contributed by atoms with Crippen LogP contribution in [0.15, 0.2) is 41.1 Å². The summed E-state index contributed by atoms with van der Waals surface area (Å²) < 4.78 is 6.70. The minimum Gasteiger partial charge on any atom is -0.343 e. The lowest BCUT2D eigenvalue weighted by Crippen LogP contribution is -2.23. The Labute approximate surface area is 137 Å². The van der Waals surface area contributed by atoms with E-state index in [4.69, 9.17) is 10.3 Å². The first-order chi connectivity index (χ1) is 11.7. The standard InChI is InChI=1S/C15H17N7O2/c16-6-7-22-10-12(19-21-22)15(23)17-9-13-18-14(24-20-13)8-11-4-2-1-3-5-11/h1-5,10H,6-9,16H2,(H,17,23). The summed E-state index contributed by atoms with van der Waals surface area (Å²) >= 11 is 0. The third-order valence-electron chi connectivity index (χ3n) is 3.24. The Morgan fingerprint density at radius 1 is 1.29 bits per heavy atom. The molecule has 124 valence electrons. The zero-order valence-corrected chi connectivity index (χ0v) is 12.9. The van der Waals surface area contributed by atoms with Crippen LogP contribution in [0.1, 0.15) is 27.8 Å². The Kier molecular flexibility index (Phi) is 4.92. The van der Waals surface area contributed by atoms with Crippen molar-refractivity contribution in [3.8, 4) is 0 Å². The summed E-state index contributed by atoms with van der Waals surface area (Å²) in [5, 5.41) is 14.1. The molecule has 3 aromatic rings. The van der Waals surface area contributed by atoms with E-state index < -0.39 is 0 Å². The third-order valence-corrected chi connectivity index (χ3v) is 3.24. The van der Waals surface area contributed by atoms with Gasteiger partial charge in [0.05, 0.1) is 25.7 Å². The van der Waals surface area contributed by atoms with E-state index in [1.807, 2.05) is 30.3 Å². The summed E-state index contributed by atoms with van der Waals surface area (Å²) in [5.74, 6) is 0.552. The molecule has 0 saturated carbocycles. The van der Waals surface area contributed by atoms with Crippen LogP contribution in [0.25, 0.3) is 0 Å². The van der Waals surface area contributed by atoms with Crippen molar-refractivity contribution in [3.63, 3.8) is 0 Å². The average molecular weight is 327 g/mol. The van der Waals surface area contributed by atoms with Gasteiger partial charge >= 0.3 is 0 Å². The van der Waals surface area contributed by atoms with Gasteiger partial charge in [-0.2, -0.15) is 4.98 Å². The summed E-state index contributed by atoms with van der Waals surface area (Å²) in [6.45, 7) is 1.09. The number of rotatable bonds is 7. The Bertz CT molecular complexity index is 797. The summed E-state index contributed by atoms with van der Waals surface area (Å²) in [6, 6.07) is 9.81. The quantitative estimate of drug-likeness (QED) is 0.632. The van der Waals surface area contributed by atoms with Crippen molar-refractivity contribution in [2.75, 3.05) is 6.54 Å². The minimum absolute atomic E-state index is 0.154. The van der Waals surface area contributed by atoms with Crippen LogP contribution in [-0.2, 0) is 19.5 Å². The first-order valence-corrected chi connectivity index (χ1v) is 7.48. The Morgan fingerprint density at radius 2 is 2.12 bits per heavy atom. The van der Waals surface area contributed by atoms with Crippen molar-refractivity contribution in [2.45, 2.75) is 19.5 Å². The van der Waals surface area contributed by atoms with Crippen LogP contribution in [0, 0.1) is 0 Å². The van der Waals surface area contributed by atoms with Gasteiger partial charge in [-0.25, -0.2) is 0 Å². The van der Waals surface area contributed by atoms with Crippen molar-refractivity contribution < 1.29 is 9.32 Å². The molecular weight excluding hydrogens is 310 g/mol. The molecule has 2 heterocycles. The lowest BCUT2D eigenvalue weighted by atomic mass is 10.1. The van der Waals surface area contributed by atoms with Crippen molar-refractivity contribution >= 4 is 5.91 Å². The molecule has 0 unspecified atom stereocenters. The van der Waals surface area contributed by atoms with Crippen molar-refractivity contribution in [2.24, 2.45) is 5.73 Å². The molecule has 3 rings (SSSR count). The fourth-order valence-electron chi connectivity index (χ4n) is 2.10. The van der Waals surface area contributed by atoms with Gasteiger partial charge in [0.2, 0.25) is 5.89 Å². The van der Waals surface area contributed by atoms with Gasteiger partial charge in [0, 0.05) is 6.54 Å². The molecule has 0 atom stereocenters. The smallest absolute Gasteiger partial charge is 0.273 e. The molecule has 0 radical (unpaired) electrons. The molecule has 0 aliphatic rings. The first-order valence-electron chi connectivity index (χ1n) is 7.48. The number of nitrogens with zero attached hydrogens (tertiary/aromatic N) is 5. The molecule has 0 aliphatic carbocycles. The van der Waals surface area contributed by atoms with E-state index >= 15 is 0 Å². The Balaban J connectivity index is 1.54. The molecule has 9 nitrogen and oxygen atoms in total. The molecule has 0 saturated heterocycles. The predicted molar refractivity (Wildman–Crippen MR) is 83.8 cm³/mol. The highest BCUT2D eigenvalue weighted by molar-refractivity contribution is 5.91. The van der Waals surface area contributed by atoms with Crippen molar-refractivity contribution in [1.82, 2.24) is 30.5 Å². The van der Waals surface area contributed by atoms with E-state index in [-0.39, 0.29) is 18.1 Å². The highest BCUT2D eigenvalue weighted by atomic mass is 16.5. The molecule has 1 aromatic carbocycles. The van der Waals surface area contributed by atoms with Gasteiger partial charge < -0.3 is 15.6 Å². The van der Waals surface area contributed by atoms with E-state index in [0.29, 0.717) is 31.2 Å². The molecular formula is C15H17N7O2. The number of nitrogens with two attached hydrogens (primary N) is 1. The highest BCUT2D eigenvalue weighted by Crippen LogP contribution is 2.07. The van der Waals surface area contributed by atoms with Crippen molar-refractivity contribution in [3.05, 3.63) is 59.5 Å². The maximum Gasteiger partial charge on any atom is 0.273 e. The van der Waals surface area contributed by atoms with E-state index in [9.17, 15) is 4.79 Å². The zero-order chi connectivity index (χ0) is 16.8. The number of carbonyl (C=O) groups excluding carboxylic acids is 1. The van der Waals surface area contributed by atoms with Gasteiger partial charge in [0.1, 0.15) is 0 Å². The second-order valence-electron chi connectivity index (χ2n) is 5.10. The van der Waals surface area contributed by atoms with Gasteiger partial charge in [-0.15, -0.1) is 5.10 Å². The molecule has 0 aliphatic heterocycles. The van der Waals surface area contributed by atoms with Crippen molar-refractivity contribution in [1.29, 1.82) is 0 Å². The summed E-state index contributed by atoms with van der Waals surface area (Å²) in [6.07, 6.45) is 2.09. The number of hydrogen-bond acceptors (Lipinski definition) is 7. The Hall–Kier alpha value is -3.07. The van der Waals surface area contributed by atoms with Gasteiger partial charge in [0.25, 0.3) is 5.91 Å². The third kappa shape index (κ3) is 4.02. The predicted octanol–water partition coefficient (Wildman–Crippen LogP) is 0.141. The van der Waals surface area contributed by atoms with Gasteiger partial charge in [-0.3, -0.25) is 9.48 Å². The van der Waals surface area contributed by atoms with Gasteiger partial charge in [-0.1, -0.05) is 40.7 Å². The van der Waals surface area contributed by atoms with Crippen LogP contribution in [-0.4, -0.2) is 37.6 Å². The summed E-state index contributed by atoms with van der Waals surface area (Å²) in [4.78, 5) is 16.2. The molecule has 3 N–H and O–H groups in total. The van der Waals surface area contributed by atoms with Gasteiger partial charge in [0.15, 0.2) is 11.5 Å². The zero-order valence-electron chi connectivity index (χ0n) is 12.9. The fourth-order valence-corrected chi connectivity index (χ4v) is 2.10. The van der Waals surface area contributed by atoms with Crippen LogP contribution >= 0.6 is 0 Å². The molecule has 0 fully saturated rings. The van der Waals surface area contributed by atoms with Crippen LogP contribution in [0.2, 0.25) is 0 Å². The second kappa shape index (κ2) is 7.47. The molecule has 24 heavy (non-hydrogen) atoms. The second-order valence-corrected chi connectivity index (χ2v) is 5.10. The normalized spacial score (nSPS) is 10.7. The van der Waals surface area contributed by atoms with E-state index in [2.05, 4.69) is 25.8 Å². The number of carbonyl (C=O) groups is 1. The lowest BCUT2D eigenvalue weighted by Gasteiger charge is -1.98. The monoisotopic (exact) mass is 327 g/mol. The number of aromatic nitrogens is 5. The number of benzene rings is 1. The maximum absolute atomic E-state index is 12.0. The van der Waals surface area contributed by atoms with E-state index in [1.165, 1.54) is 4.68 Å². The summed E-state index contributed by atoms with van der Waals surface area (Å²) in [5.41, 5.74) is 6.72. The Morgan fingerprint density at radius 3 is 2.92 bits per heavy atom. The fraction of sp³-hybridized carbons (Fsp3) is 0.267. The number of hydrogen-bond donors (Lipinski definition) is 2. The minimum atomic E-state index is -0.354. The lowest BCUT2D eigenvalue weighted by molar-refractivity contribution is 0.0944. The van der Waals surface area contributed by atoms with Crippen LogP contribution in [0.4, 0.5) is 0 Å². The summed E-state index contributed by atoms with van der Waals surface area (Å²) in [7, 11) is 0. The molecule has 9 heteroatoms. The first kappa shape index (κ1) is 15.8.